The molecule has 0 bridgehead atoms. The number of hydrogen-bond donors (Lipinski definition) is 1. The number of hydrogen-bond acceptors (Lipinski definition) is 5. The first-order valence-electron chi connectivity index (χ1n) is 8.22. The molecule has 1 aromatic rings. The number of benzene rings is 1. The minimum atomic E-state index is -3.88. The summed E-state index contributed by atoms with van der Waals surface area (Å²) in [6.45, 7) is 5.19. The summed E-state index contributed by atoms with van der Waals surface area (Å²) in [5, 5.41) is 2.68. The largest absolute Gasteiger partial charge is 0.379 e. The first kappa shape index (κ1) is 20.5. The number of carbonyl (C=O) groups is 1. The molecule has 0 aromatic heterocycles. The van der Waals surface area contributed by atoms with Crippen molar-refractivity contribution in [2.45, 2.75) is 13.0 Å². The van der Waals surface area contributed by atoms with Gasteiger partial charge in [-0.25, -0.2) is 17.2 Å². The second kappa shape index (κ2) is 8.74. The van der Waals surface area contributed by atoms with Crippen molar-refractivity contribution in [1.29, 1.82) is 0 Å². The molecule has 1 aliphatic heterocycles. The third-order valence-electron chi connectivity index (χ3n) is 4.08. The lowest BCUT2D eigenvalue weighted by molar-refractivity contribution is -0.121. The van der Waals surface area contributed by atoms with Crippen molar-refractivity contribution in [1.82, 2.24) is 10.2 Å². The second-order valence-electron chi connectivity index (χ2n) is 6.08. The van der Waals surface area contributed by atoms with Gasteiger partial charge in [-0.1, -0.05) is 0 Å². The molecule has 7 nitrogen and oxygen atoms in total. The maximum absolute atomic E-state index is 13.5. The lowest BCUT2D eigenvalue weighted by Gasteiger charge is -2.29. The number of ether oxygens (including phenoxy) is 1. The quantitative estimate of drug-likeness (QED) is 0.735. The molecule has 1 unspecified atom stereocenters. The van der Waals surface area contributed by atoms with Gasteiger partial charge >= 0.3 is 0 Å². The van der Waals surface area contributed by atoms with Crippen LogP contribution in [-0.4, -0.2) is 70.9 Å². The van der Waals surface area contributed by atoms with E-state index in [1.807, 2.05) is 0 Å². The average Bonchev–Trinajstić information content (AvgIpc) is 2.58. The minimum Gasteiger partial charge on any atom is -0.379 e. The van der Waals surface area contributed by atoms with E-state index in [2.05, 4.69) is 10.2 Å². The van der Waals surface area contributed by atoms with E-state index in [4.69, 9.17) is 4.74 Å². The van der Waals surface area contributed by atoms with Gasteiger partial charge in [-0.15, -0.1) is 0 Å². The van der Waals surface area contributed by atoms with E-state index in [0.717, 1.165) is 41.8 Å². The highest BCUT2D eigenvalue weighted by molar-refractivity contribution is 7.92. The Bertz CT molecular complexity index is 739. The molecule has 0 saturated carbocycles. The van der Waals surface area contributed by atoms with Crippen molar-refractivity contribution < 1.29 is 26.7 Å². The van der Waals surface area contributed by atoms with Crippen LogP contribution in [0.4, 0.5) is 14.5 Å². The van der Waals surface area contributed by atoms with E-state index < -0.39 is 33.6 Å². The number of morpholine rings is 1. The van der Waals surface area contributed by atoms with E-state index in [-0.39, 0.29) is 5.69 Å². The summed E-state index contributed by atoms with van der Waals surface area (Å²) in [5.74, 6) is -2.80. The van der Waals surface area contributed by atoms with Crippen LogP contribution in [0.3, 0.4) is 0 Å². The summed E-state index contributed by atoms with van der Waals surface area (Å²) in [5.41, 5.74) is -0.109. The van der Waals surface area contributed by atoms with Crippen LogP contribution >= 0.6 is 0 Å². The zero-order valence-corrected chi connectivity index (χ0v) is 15.6. The predicted molar refractivity (Wildman–Crippen MR) is 93.4 cm³/mol. The molecule has 0 radical (unpaired) electrons. The van der Waals surface area contributed by atoms with E-state index in [9.17, 15) is 22.0 Å². The third-order valence-corrected chi connectivity index (χ3v) is 5.32. The molecule has 0 aliphatic carbocycles. The van der Waals surface area contributed by atoms with Gasteiger partial charge < -0.3 is 10.1 Å². The zero-order valence-electron chi connectivity index (χ0n) is 14.7. The molecule has 26 heavy (non-hydrogen) atoms. The van der Waals surface area contributed by atoms with Crippen molar-refractivity contribution in [2.75, 3.05) is 50.0 Å². The lowest BCUT2D eigenvalue weighted by atomic mass is 10.2. The second-order valence-corrected chi connectivity index (χ2v) is 7.94. The SMILES string of the molecule is CC(C(=O)NCCN1CCOCC1)N(c1ccc(F)c(F)c1)S(C)(=O)=O. The van der Waals surface area contributed by atoms with E-state index in [0.29, 0.717) is 26.3 Å². The van der Waals surface area contributed by atoms with Gasteiger partial charge in [0.25, 0.3) is 0 Å². The van der Waals surface area contributed by atoms with Crippen LogP contribution < -0.4 is 9.62 Å². The maximum atomic E-state index is 13.5. The molecule has 0 spiro atoms. The fourth-order valence-corrected chi connectivity index (χ4v) is 3.91. The van der Waals surface area contributed by atoms with Crippen LogP contribution in [0.1, 0.15) is 6.92 Å². The maximum Gasteiger partial charge on any atom is 0.243 e. The van der Waals surface area contributed by atoms with Gasteiger partial charge in [0.15, 0.2) is 11.6 Å². The Morgan fingerprint density at radius 3 is 2.54 bits per heavy atom. The van der Waals surface area contributed by atoms with E-state index in [1.54, 1.807) is 0 Å². The molecule has 10 heteroatoms. The molecule has 1 fully saturated rings. The van der Waals surface area contributed by atoms with Gasteiger partial charge in [-0.3, -0.25) is 14.0 Å². The normalized spacial score (nSPS) is 16.9. The summed E-state index contributed by atoms with van der Waals surface area (Å²) in [6.07, 6.45) is 0.909. The fourth-order valence-electron chi connectivity index (χ4n) is 2.74. The first-order chi connectivity index (χ1) is 12.2. The van der Waals surface area contributed by atoms with Gasteiger partial charge in [0, 0.05) is 32.2 Å². The van der Waals surface area contributed by atoms with Crippen molar-refractivity contribution in [3.63, 3.8) is 0 Å². The Hall–Kier alpha value is -1.78. The Balaban J connectivity index is 2.04. The number of sulfonamides is 1. The Morgan fingerprint density at radius 2 is 1.96 bits per heavy atom. The number of anilines is 1. The van der Waals surface area contributed by atoms with Crippen LogP contribution in [0.5, 0.6) is 0 Å². The molecule has 1 atom stereocenters. The van der Waals surface area contributed by atoms with Crippen LogP contribution in [0.15, 0.2) is 18.2 Å². The third kappa shape index (κ3) is 5.36. The van der Waals surface area contributed by atoms with Crippen LogP contribution in [0.2, 0.25) is 0 Å². The number of carbonyl (C=O) groups excluding carboxylic acids is 1. The van der Waals surface area contributed by atoms with Crippen LogP contribution in [0.25, 0.3) is 0 Å². The standard InChI is InChI=1S/C16H23F2N3O4S/c1-12(16(22)19-5-6-20-7-9-25-10-8-20)21(26(2,23)24)13-3-4-14(17)15(18)11-13/h3-4,11-12H,5-10H2,1-2H3,(H,19,22). The Morgan fingerprint density at radius 1 is 1.31 bits per heavy atom. The molecule has 1 amide bonds. The minimum absolute atomic E-state index is 0.109. The Kier molecular flexibility index (Phi) is 6.90. The topological polar surface area (TPSA) is 79.0 Å². The summed E-state index contributed by atoms with van der Waals surface area (Å²) >= 11 is 0. The summed E-state index contributed by atoms with van der Waals surface area (Å²) in [4.78, 5) is 14.5. The van der Waals surface area contributed by atoms with Gasteiger partial charge in [0.1, 0.15) is 6.04 Å². The van der Waals surface area contributed by atoms with Crippen LogP contribution in [-0.2, 0) is 19.6 Å². The van der Waals surface area contributed by atoms with Gasteiger partial charge in [-0.2, -0.15) is 0 Å². The fraction of sp³-hybridized carbons (Fsp3) is 0.562. The number of halogens is 2. The molecule has 146 valence electrons. The van der Waals surface area contributed by atoms with Crippen molar-refractivity contribution >= 4 is 21.6 Å². The summed E-state index contributed by atoms with van der Waals surface area (Å²) in [7, 11) is -3.88. The smallest absolute Gasteiger partial charge is 0.243 e. The molecule has 1 aromatic carbocycles. The van der Waals surface area contributed by atoms with E-state index in [1.165, 1.54) is 6.92 Å². The summed E-state index contributed by atoms with van der Waals surface area (Å²) < 4.78 is 56.8. The summed E-state index contributed by atoms with van der Waals surface area (Å²) in [6, 6.07) is 1.59. The van der Waals surface area contributed by atoms with Crippen molar-refractivity contribution in [2.24, 2.45) is 0 Å². The molecular formula is C16H23F2N3O4S. The van der Waals surface area contributed by atoms with Crippen molar-refractivity contribution in [3.05, 3.63) is 29.8 Å². The Labute approximate surface area is 152 Å². The molecule has 1 heterocycles. The predicted octanol–water partition coefficient (Wildman–Crippen LogP) is 0.568. The first-order valence-corrected chi connectivity index (χ1v) is 10.1. The monoisotopic (exact) mass is 391 g/mol. The highest BCUT2D eigenvalue weighted by Gasteiger charge is 2.29. The van der Waals surface area contributed by atoms with E-state index >= 15 is 0 Å². The number of amides is 1. The van der Waals surface area contributed by atoms with Gasteiger partial charge in [0.2, 0.25) is 15.9 Å². The van der Waals surface area contributed by atoms with Gasteiger partial charge in [0.05, 0.1) is 25.2 Å². The zero-order chi connectivity index (χ0) is 19.3. The number of rotatable bonds is 7. The molecule has 1 aliphatic rings. The number of nitrogens with one attached hydrogen (secondary N) is 1. The molecule has 2 rings (SSSR count). The molecule has 1 saturated heterocycles. The number of nitrogens with zero attached hydrogens (tertiary/aromatic N) is 2. The molecular weight excluding hydrogens is 368 g/mol. The lowest BCUT2D eigenvalue weighted by Crippen LogP contribution is -2.49. The average molecular weight is 391 g/mol. The molecule has 1 N–H and O–H groups in total. The van der Waals surface area contributed by atoms with Crippen molar-refractivity contribution in [3.8, 4) is 0 Å². The highest BCUT2D eigenvalue weighted by atomic mass is 32.2. The van der Waals surface area contributed by atoms with Crippen LogP contribution in [0, 0.1) is 11.6 Å². The highest BCUT2D eigenvalue weighted by Crippen LogP contribution is 2.23. The van der Waals surface area contributed by atoms with Gasteiger partial charge in [-0.05, 0) is 19.1 Å².